The van der Waals surface area contributed by atoms with Crippen LogP contribution in [0.5, 0.6) is 0 Å². The van der Waals surface area contributed by atoms with E-state index in [1.165, 1.54) is 25.3 Å². The lowest BCUT2D eigenvalue weighted by Gasteiger charge is -2.28. The molecule has 128 valence electrons. The average Bonchev–Trinajstić information content (AvgIpc) is 2.35. The summed E-state index contributed by atoms with van der Waals surface area (Å²) in [7, 11) is 5.54. The molecule has 0 fully saturated rings. The SMILES string of the molecule is CCCCCCC/C=C\C(=O)C(C(=O)O)C(O)C[N+](C)(C)C. The van der Waals surface area contributed by atoms with Crippen molar-refractivity contribution in [1.82, 2.24) is 0 Å². The molecule has 0 aliphatic heterocycles. The zero-order chi connectivity index (χ0) is 17.2. The maximum Gasteiger partial charge on any atom is 0.317 e. The highest BCUT2D eigenvalue weighted by atomic mass is 16.4. The largest absolute Gasteiger partial charge is 0.481 e. The van der Waals surface area contributed by atoms with Gasteiger partial charge in [0.2, 0.25) is 0 Å². The van der Waals surface area contributed by atoms with E-state index in [1.54, 1.807) is 6.08 Å². The Morgan fingerprint density at radius 2 is 1.68 bits per heavy atom. The van der Waals surface area contributed by atoms with Crippen LogP contribution in [-0.2, 0) is 9.59 Å². The summed E-state index contributed by atoms with van der Waals surface area (Å²) in [6.45, 7) is 2.37. The summed E-state index contributed by atoms with van der Waals surface area (Å²) >= 11 is 0. The predicted octanol–water partition coefficient (Wildman–Crippen LogP) is 2.24. The molecule has 2 atom stereocenters. The van der Waals surface area contributed by atoms with Crippen LogP contribution in [0, 0.1) is 5.92 Å². The summed E-state index contributed by atoms with van der Waals surface area (Å²) in [5.74, 6) is -3.17. The van der Waals surface area contributed by atoms with Crippen molar-refractivity contribution in [3.05, 3.63) is 12.2 Å². The Kier molecular flexibility index (Phi) is 9.94. The Morgan fingerprint density at radius 1 is 1.09 bits per heavy atom. The number of aliphatic hydroxyl groups excluding tert-OH is 1. The number of rotatable bonds is 12. The van der Waals surface area contributed by atoms with Crippen molar-refractivity contribution in [3.8, 4) is 0 Å². The third-order valence-corrected chi connectivity index (χ3v) is 3.45. The van der Waals surface area contributed by atoms with Crippen LogP contribution in [0.15, 0.2) is 12.2 Å². The molecule has 0 bridgehead atoms. The summed E-state index contributed by atoms with van der Waals surface area (Å²) in [6, 6.07) is 0. The molecule has 22 heavy (non-hydrogen) atoms. The fourth-order valence-electron chi connectivity index (χ4n) is 2.31. The van der Waals surface area contributed by atoms with Gasteiger partial charge in [0.05, 0.1) is 21.1 Å². The molecule has 0 spiro atoms. The van der Waals surface area contributed by atoms with Gasteiger partial charge in [0.15, 0.2) is 11.7 Å². The Labute approximate surface area is 134 Å². The first-order valence-electron chi connectivity index (χ1n) is 8.10. The molecule has 0 aliphatic rings. The van der Waals surface area contributed by atoms with E-state index in [4.69, 9.17) is 0 Å². The monoisotopic (exact) mass is 314 g/mol. The first kappa shape index (κ1) is 20.8. The maximum atomic E-state index is 12.0. The number of hydrogen-bond acceptors (Lipinski definition) is 3. The van der Waals surface area contributed by atoms with Crippen molar-refractivity contribution in [2.45, 2.75) is 51.6 Å². The number of allylic oxidation sites excluding steroid dienone is 2. The highest BCUT2D eigenvalue weighted by molar-refractivity contribution is 6.04. The smallest absolute Gasteiger partial charge is 0.317 e. The summed E-state index contributed by atoms with van der Waals surface area (Å²) in [6.07, 6.45) is 8.37. The summed E-state index contributed by atoms with van der Waals surface area (Å²) in [5, 5.41) is 19.2. The van der Waals surface area contributed by atoms with Crippen LogP contribution < -0.4 is 0 Å². The molecule has 0 aliphatic carbocycles. The molecule has 0 heterocycles. The molecule has 0 saturated heterocycles. The van der Waals surface area contributed by atoms with E-state index in [0.29, 0.717) is 4.48 Å². The van der Waals surface area contributed by atoms with Gasteiger partial charge < -0.3 is 14.7 Å². The molecule has 0 rings (SSSR count). The van der Waals surface area contributed by atoms with Gasteiger partial charge in [0, 0.05) is 0 Å². The second-order valence-electron chi connectivity index (χ2n) is 6.86. The summed E-state index contributed by atoms with van der Waals surface area (Å²) in [4.78, 5) is 23.3. The molecular weight excluding hydrogens is 282 g/mol. The minimum atomic E-state index is -1.38. The lowest BCUT2D eigenvalue weighted by Crippen LogP contribution is -2.47. The van der Waals surface area contributed by atoms with Gasteiger partial charge in [-0.25, -0.2) is 0 Å². The minimum Gasteiger partial charge on any atom is -0.481 e. The minimum absolute atomic E-state index is 0.216. The van der Waals surface area contributed by atoms with E-state index >= 15 is 0 Å². The molecule has 5 nitrogen and oxygen atoms in total. The lowest BCUT2D eigenvalue weighted by atomic mass is 9.96. The number of aliphatic hydroxyl groups is 1. The number of hydrogen-bond donors (Lipinski definition) is 2. The molecule has 0 aromatic heterocycles. The Bertz CT molecular complexity index is 371. The van der Waals surface area contributed by atoms with Gasteiger partial charge >= 0.3 is 5.97 Å². The van der Waals surface area contributed by atoms with Gasteiger partial charge in [-0.1, -0.05) is 38.7 Å². The molecule has 0 radical (unpaired) electrons. The van der Waals surface area contributed by atoms with Crippen molar-refractivity contribution >= 4 is 11.8 Å². The Balaban J connectivity index is 4.39. The van der Waals surface area contributed by atoms with Gasteiger partial charge in [0.25, 0.3) is 0 Å². The highest BCUT2D eigenvalue weighted by Gasteiger charge is 2.35. The number of quaternary nitrogens is 1. The first-order valence-corrected chi connectivity index (χ1v) is 8.10. The van der Waals surface area contributed by atoms with Crippen molar-refractivity contribution in [2.24, 2.45) is 5.92 Å². The van der Waals surface area contributed by atoms with E-state index < -0.39 is 23.8 Å². The van der Waals surface area contributed by atoms with E-state index in [1.807, 2.05) is 21.1 Å². The zero-order valence-electron chi connectivity index (χ0n) is 14.4. The Hall–Kier alpha value is -1.20. The van der Waals surface area contributed by atoms with Crippen LogP contribution in [0.2, 0.25) is 0 Å². The second-order valence-corrected chi connectivity index (χ2v) is 6.86. The number of carboxylic acids is 1. The molecule has 2 unspecified atom stereocenters. The number of carbonyl (C=O) groups excluding carboxylic acids is 1. The van der Waals surface area contributed by atoms with Crippen LogP contribution >= 0.6 is 0 Å². The van der Waals surface area contributed by atoms with Crippen LogP contribution in [0.25, 0.3) is 0 Å². The highest BCUT2D eigenvalue weighted by Crippen LogP contribution is 2.12. The van der Waals surface area contributed by atoms with Crippen LogP contribution in [0.4, 0.5) is 0 Å². The zero-order valence-corrected chi connectivity index (χ0v) is 14.4. The van der Waals surface area contributed by atoms with Gasteiger partial charge in [-0.15, -0.1) is 0 Å². The van der Waals surface area contributed by atoms with E-state index in [9.17, 15) is 19.8 Å². The Morgan fingerprint density at radius 3 is 2.18 bits per heavy atom. The van der Waals surface area contributed by atoms with Crippen molar-refractivity contribution in [2.75, 3.05) is 27.7 Å². The van der Waals surface area contributed by atoms with Crippen LogP contribution in [0.3, 0.4) is 0 Å². The predicted molar refractivity (Wildman–Crippen MR) is 87.6 cm³/mol. The molecule has 0 amide bonds. The number of ketones is 1. The molecule has 5 heteroatoms. The lowest BCUT2D eigenvalue weighted by molar-refractivity contribution is -0.873. The topological polar surface area (TPSA) is 74.6 Å². The van der Waals surface area contributed by atoms with Gasteiger partial charge in [-0.05, 0) is 18.9 Å². The second kappa shape index (κ2) is 10.5. The van der Waals surface area contributed by atoms with Gasteiger partial charge in [-0.3, -0.25) is 9.59 Å². The number of carboxylic acid groups (broad SMARTS) is 1. The number of unbranched alkanes of at least 4 members (excludes halogenated alkanes) is 5. The quantitative estimate of drug-likeness (QED) is 0.251. The number of aliphatic carboxylic acids is 1. The molecule has 0 aromatic carbocycles. The average molecular weight is 314 g/mol. The third-order valence-electron chi connectivity index (χ3n) is 3.45. The standard InChI is InChI=1S/C17H31NO4/c1-5-6-7-8-9-10-11-12-14(19)16(17(21)22)15(20)13-18(2,3)4/h11-12,15-16,20H,5-10,13H2,1-4H3/p+1/b12-11-. The number of likely N-dealkylation sites (N-methyl/N-ethyl adjacent to an activating group) is 1. The normalized spacial score (nSPS) is 15.0. The third kappa shape index (κ3) is 9.68. The molecule has 2 N–H and O–H groups in total. The number of carbonyl (C=O) groups is 2. The fraction of sp³-hybridized carbons (Fsp3) is 0.765. The summed E-state index contributed by atoms with van der Waals surface area (Å²) < 4.78 is 0.402. The van der Waals surface area contributed by atoms with E-state index in [0.717, 1.165) is 19.3 Å². The van der Waals surface area contributed by atoms with E-state index in [-0.39, 0.29) is 6.54 Å². The van der Waals surface area contributed by atoms with Crippen LogP contribution in [0.1, 0.15) is 45.4 Å². The fourth-order valence-corrected chi connectivity index (χ4v) is 2.31. The molecular formula is C17H32NO4+. The van der Waals surface area contributed by atoms with Crippen LogP contribution in [-0.4, -0.2) is 60.2 Å². The first-order chi connectivity index (χ1) is 10.2. The van der Waals surface area contributed by atoms with Crippen molar-refractivity contribution < 1.29 is 24.3 Å². The maximum absolute atomic E-state index is 12.0. The van der Waals surface area contributed by atoms with Crippen molar-refractivity contribution in [1.29, 1.82) is 0 Å². The van der Waals surface area contributed by atoms with Gasteiger partial charge in [0.1, 0.15) is 12.6 Å². The summed E-state index contributed by atoms with van der Waals surface area (Å²) in [5.41, 5.74) is 0. The molecule has 0 saturated carbocycles. The number of nitrogens with zero attached hydrogens (tertiary/aromatic N) is 1. The van der Waals surface area contributed by atoms with Crippen molar-refractivity contribution in [3.63, 3.8) is 0 Å². The van der Waals surface area contributed by atoms with E-state index in [2.05, 4.69) is 6.92 Å². The van der Waals surface area contributed by atoms with Gasteiger partial charge in [-0.2, -0.15) is 0 Å². The molecule has 0 aromatic rings.